The van der Waals surface area contributed by atoms with Crippen molar-refractivity contribution in [3.05, 3.63) is 0 Å². The zero-order valence-electron chi connectivity index (χ0n) is 11.2. The Morgan fingerprint density at radius 2 is 1.80 bits per heavy atom. The molecule has 20 heavy (non-hydrogen) atoms. The van der Waals surface area contributed by atoms with Gasteiger partial charge >= 0.3 is 6.18 Å². The Morgan fingerprint density at radius 1 is 1.25 bits per heavy atom. The second kappa shape index (κ2) is 6.74. The summed E-state index contributed by atoms with van der Waals surface area (Å²) in [5.41, 5.74) is 0. The molecule has 1 aliphatic rings. The fourth-order valence-corrected chi connectivity index (χ4v) is 3.52. The second-order valence-electron chi connectivity index (χ2n) is 4.77. The average molecular weight is 313 g/mol. The minimum absolute atomic E-state index is 0.223. The standard InChI is InChI=1S/C11H18F3N3O2S/c1-10(9-15)16-4-6-17(7-5-16)20(18,19)8-2-3-11(12,13)14/h10H,2-8H2,1H3. The Kier molecular flexibility index (Phi) is 5.79. The van der Waals surface area contributed by atoms with E-state index in [-0.39, 0.29) is 19.1 Å². The summed E-state index contributed by atoms with van der Waals surface area (Å²) in [6, 6.07) is 1.79. The molecule has 0 aromatic carbocycles. The number of rotatable bonds is 5. The molecule has 1 unspecified atom stereocenters. The lowest BCUT2D eigenvalue weighted by Gasteiger charge is -2.35. The van der Waals surface area contributed by atoms with Gasteiger partial charge in [0.1, 0.15) is 0 Å². The lowest BCUT2D eigenvalue weighted by molar-refractivity contribution is -0.134. The van der Waals surface area contributed by atoms with E-state index in [0.29, 0.717) is 13.1 Å². The molecule has 1 atom stereocenters. The Bertz CT molecular complexity index is 451. The molecule has 0 amide bonds. The van der Waals surface area contributed by atoms with Crippen LogP contribution in [0.5, 0.6) is 0 Å². The lowest BCUT2D eigenvalue weighted by atomic mass is 10.2. The van der Waals surface area contributed by atoms with Crippen LogP contribution in [-0.2, 0) is 10.0 Å². The highest BCUT2D eigenvalue weighted by Crippen LogP contribution is 2.22. The van der Waals surface area contributed by atoms with E-state index < -0.39 is 34.8 Å². The molecule has 1 aliphatic heterocycles. The molecule has 9 heteroatoms. The Labute approximate surface area is 117 Å². The number of nitriles is 1. The number of halogens is 3. The molecule has 0 radical (unpaired) electrons. The molecule has 0 aromatic rings. The predicted molar refractivity (Wildman–Crippen MR) is 67.3 cm³/mol. The van der Waals surface area contributed by atoms with Crippen LogP contribution in [0, 0.1) is 11.3 Å². The van der Waals surface area contributed by atoms with Gasteiger partial charge < -0.3 is 0 Å². The van der Waals surface area contributed by atoms with Crippen LogP contribution in [-0.4, -0.2) is 61.8 Å². The maximum Gasteiger partial charge on any atom is 0.389 e. The van der Waals surface area contributed by atoms with Gasteiger partial charge in [-0.15, -0.1) is 0 Å². The maximum absolute atomic E-state index is 12.0. The monoisotopic (exact) mass is 313 g/mol. The molecule has 1 fully saturated rings. The van der Waals surface area contributed by atoms with E-state index in [1.165, 1.54) is 4.31 Å². The van der Waals surface area contributed by atoms with Gasteiger partial charge in [0.15, 0.2) is 0 Å². The Morgan fingerprint density at radius 3 is 2.25 bits per heavy atom. The number of nitrogens with zero attached hydrogens (tertiary/aromatic N) is 3. The largest absolute Gasteiger partial charge is 0.389 e. The summed E-state index contributed by atoms with van der Waals surface area (Å²) >= 11 is 0. The quantitative estimate of drug-likeness (QED) is 0.765. The maximum atomic E-state index is 12.0. The Hall–Kier alpha value is -0.850. The van der Waals surface area contributed by atoms with Crippen molar-refractivity contribution in [2.45, 2.75) is 32.0 Å². The fourth-order valence-electron chi connectivity index (χ4n) is 2.03. The first kappa shape index (κ1) is 17.2. The van der Waals surface area contributed by atoms with E-state index >= 15 is 0 Å². The molecule has 0 bridgehead atoms. The van der Waals surface area contributed by atoms with Gasteiger partial charge in [0.25, 0.3) is 0 Å². The normalized spacial score (nSPS) is 20.6. The van der Waals surface area contributed by atoms with Crippen LogP contribution in [0.2, 0.25) is 0 Å². The van der Waals surface area contributed by atoms with E-state index in [2.05, 4.69) is 6.07 Å². The zero-order valence-corrected chi connectivity index (χ0v) is 12.0. The molecular formula is C11H18F3N3O2S. The number of sulfonamides is 1. The number of hydrogen-bond donors (Lipinski definition) is 0. The summed E-state index contributed by atoms with van der Waals surface area (Å²) in [7, 11) is -3.64. The van der Waals surface area contributed by atoms with Crippen LogP contribution in [0.3, 0.4) is 0 Å². The van der Waals surface area contributed by atoms with Gasteiger partial charge in [0.2, 0.25) is 10.0 Å². The molecule has 116 valence electrons. The molecule has 0 aliphatic carbocycles. The van der Waals surface area contributed by atoms with Crippen LogP contribution in [0.25, 0.3) is 0 Å². The zero-order chi connectivity index (χ0) is 15.4. The smallest absolute Gasteiger partial charge is 0.286 e. The van der Waals surface area contributed by atoms with Crippen LogP contribution in [0.4, 0.5) is 13.2 Å². The fraction of sp³-hybridized carbons (Fsp3) is 0.909. The summed E-state index contributed by atoms with van der Waals surface area (Å²) in [4.78, 5) is 1.85. The first-order valence-electron chi connectivity index (χ1n) is 6.34. The topological polar surface area (TPSA) is 64.4 Å². The first-order chi connectivity index (χ1) is 9.15. The lowest BCUT2D eigenvalue weighted by Crippen LogP contribution is -2.51. The third-order valence-corrected chi connectivity index (χ3v) is 5.22. The molecule has 1 heterocycles. The van der Waals surface area contributed by atoms with E-state index in [1.807, 2.05) is 4.90 Å². The van der Waals surface area contributed by atoms with Crippen molar-refractivity contribution >= 4 is 10.0 Å². The van der Waals surface area contributed by atoms with Crippen LogP contribution >= 0.6 is 0 Å². The van der Waals surface area contributed by atoms with Crippen molar-refractivity contribution in [3.8, 4) is 6.07 Å². The van der Waals surface area contributed by atoms with Gasteiger partial charge in [0.05, 0.1) is 17.9 Å². The summed E-state index contributed by atoms with van der Waals surface area (Å²) in [6.07, 6.45) is -5.82. The first-order valence-corrected chi connectivity index (χ1v) is 7.95. The summed E-state index contributed by atoms with van der Waals surface area (Å²) in [5.74, 6) is -0.486. The van der Waals surface area contributed by atoms with E-state index in [9.17, 15) is 21.6 Å². The SMILES string of the molecule is CC(C#N)N1CCN(S(=O)(=O)CCCC(F)(F)F)CC1. The van der Waals surface area contributed by atoms with Crippen molar-refractivity contribution in [1.82, 2.24) is 9.21 Å². The number of hydrogen-bond acceptors (Lipinski definition) is 4. The molecule has 5 nitrogen and oxygen atoms in total. The number of alkyl halides is 3. The molecule has 0 aromatic heterocycles. The predicted octanol–water partition coefficient (Wildman–Crippen LogP) is 1.19. The minimum atomic E-state index is -4.32. The van der Waals surface area contributed by atoms with Crippen molar-refractivity contribution in [2.75, 3.05) is 31.9 Å². The second-order valence-corrected chi connectivity index (χ2v) is 6.86. The molecule has 1 saturated heterocycles. The number of piperazine rings is 1. The van der Waals surface area contributed by atoms with E-state index in [4.69, 9.17) is 5.26 Å². The van der Waals surface area contributed by atoms with Gasteiger partial charge in [0, 0.05) is 32.6 Å². The van der Waals surface area contributed by atoms with Gasteiger partial charge in [-0.2, -0.15) is 22.7 Å². The molecule has 1 rings (SSSR count). The van der Waals surface area contributed by atoms with Crippen molar-refractivity contribution in [3.63, 3.8) is 0 Å². The van der Waals surface area contributed by atoms with Gasteiger partial charge in [-0.05, 0) is 13.3 Å². The average Bonchev–Trinajstić information content (AvgIpc) is 2.36. The van der Waals surface area contributed by atoms with E-state index in [1.54, 1.807) is 6.92 Å². The van der Waals surface area contributed by atoms with Crippen molar-refractivity contribution < 1.29 is 21.6 Å². The summed E-state index contributed by atoms with van der Waals surface area (Å²) < 4.78 is 61.0. The van der Waals surface area contributed by atoms with E-state index in [0.717, 1.165) is 0 Å². The minimum Gasteiger partial charge on any atom is -0.286 e. The third kappa shape index (κ3) is 5.26. The highest BCUT2D eigenvalue weighted by atomic mass is 32.2. The van der Waals surface area contributed by atoms with Crippen LogP contribution in [0.1, 0.15) is 19.8 Å². The van der Waals surface area contributed by atoms with Crippen LogP contribution in [0.15, 0.2) is 0 Å². The van der Waals surface area contributed by atoms with Crippen LogP contribution < -0.4 is 0 Å². The third-order valence-electron chi connectivity index (χ3n) is 3.26. The van der Waals surface area contributed by atoms with Crippen molar-refractivity contribution in [2.24, 2.45) is 0 Å². The van der Waals surface area contributed by atoms with Gasteiger partial charge in [-0.3, -0.25) is 4.90 Å². The highest BCUT2D eigenvalue weighted by Gasteiger charge is 2.31. The van der Waals surface area contributed by atoms with Crippen molar-refractivity contribution in [1.29, 1.82) is 5.26 Å². The molecule has 0 N–H and O–H groups in total. The molecular weight excluding hydrogens is 295 g/mol. The van der Waals surface area contributed by atoms with Gasteiger partial charge in [-0.1, -0.05) is 0 Å². The van der Waals surface area contributed by atoms with Gasteiger partial charge in [-0.25, -0.2) is 8.42 Å². The summed E-state index contributed by atoms with van der Waals surface area (Å²) in [6.45, 7) is 3.02. The summed E-state index contributed by atoms with van der Waals surface area (Å²) in [5, 5.41) is 8.78. The molecule has 0 saturated carbocycles. The Balaban J connectivity index is 2.45. The highest BCUT2D eigenvalue weighted by molar-refractivity contribution is 7.89. The molecule has 0 spiro atoms.